The van der Waals surface area contributed by atoms with Crippen LogP contribution in [0, 0.1) is 0 Å². The monoisotopic (exact) mass is 438 g/mol. The largest absolute Gasteiger partial charge is 0.494 e. The SMILES string of the molecule is O=C(O)CN1C(=O)S/C(=C2\C(=O)N(CCCOc3ccccc3)c3ccccc32)C1=O. The van der Waals surface area contributed by atoms with Crippen molar-refractivity contribution in [1.82, 2.24) is 4.90 Å². The van der Waals surface area contributed by atoms with Gasteiger partial charge in [-0.3, -0.25) is 24.1 Å². The number of carboxylic acids is 1. The normalized spacial score (nSPS) is 18.0. The van der Waals surface area contributed by atoms with Crippen LogP contribution in [0.15, 0.2) is 59.5 Å². The van der Waals surface area contributed by atoms with Crippen molar-refractivity contribution >= 4 is 46.0 Å². The molecule has 158 valence electrons. The Morgan fingerprint density at radius 3 is 2.39 bits per heavy atom. The predicted octanol–water partition coefficient (Wildman–Crippen LogP) is 2.99. The van der Waals surface area contributed by atoms with Crippen molar-refractivity contribution < 1.29 is 29.0 Å². The standard InChI is InChI=1S/C22H18N2O6S/c25-17(26)13-24-21(28)19(31-22(24)29)18-15-9-4-5-10-16(15)23(20(18)27)11-6-12-30-14-7-2-1-3-8-14/h1-5,7-10H,6,11-13H2,(H,25,26)/b19-18-. The Hall–Kier alpha value is -3.59. The molecule has 0 radical (unpaired) electrons. The van der Waals surface area contributed by atoms with Crippen LogP contribution in [-0.2, 0) is 14.4 Å². The zero-order valence-corrected chi connectivity index (χ0v) is 17.1. The molecule has 2 aromatic rings. The van der Waals surface area contributed by atoms with E-state index in [1.54, 1.807) is 29.2 Å². The Morgan fingerprint density at radius 2 is 1.65 bits per heavy atom. The second kappa shape index (κ2) is 8.65. The van der Waals surface area contributed by atoms with E-state index < -0.39 is 23.7 Å². The first-order valence-corrected chi connectivity index (χ1v) is 10.4. The van der Waals surface area contributed by atoms with Gasteiger partial charge in [-0.25, -0.2) is 0 Å². The summed E-state index contributed by atoms with van der Waals surface area (Å²) in [5.41, 5.74) is 1.33. The number of rotatable bonds is 7. The number of carboxylic acid groups (broad SMARTS) is 1. The molecule has 4 rings (SSSR count). The van der Waals surface area contributed by atoms with Crippen molar-refractivity contribution in [1.29, 1.82) is 0 Å². The zero-order chi connectivity index (χ0) is 22.0. The predicted molar refractivity (Wildman–Crippen MR) is 115 cm³/mol. The summed E-state index contributed by atoms with van der Waals surface area (Å²) >= 11 is 0.598. The summed E-state index contributed by atoms with van der Waals surface area (Å²) in [5.74, 6) is -1.71. The number of aliphatic carboxylic acids is 1. The van der Waals surface area contributed by atoms with Gasteiger partial charge in [0, 0.05) is 12.1 Å². The minimum atomic E-state index is -1.30. The third-order valence-electron chi connectivity index (χ3n) is 4.83. The molecule has 8 nitrogen and oxygen atoms in total. The van der Waals surface area contributed by atoms with Gasteiger partial charge in [0.2, 0.25) is 0 Å². The highest BCUT2D eigenvalue weighted by Gasteiger charge is 2.43. The summed E-state index contributed by atoms with van der Waals surface area (Å²) in [6, 6.07) is 16.4. The lowest BCUT2D eigenvalue weighted by Crippen LogP contribution is -2.34. The maximum atomic E-state index is 13.2. The third kappa shape index (κ3) is 4.04. The van der Waals surface area contributed by atoms with E-state index in [0.717, 1.165) is 5.75 Å². The van der Waals surface area contributed by atoms with E-state index in [1.807, 2.05) is 30.3 Å². The van der Waals surface area contributed by atoms with Crippen LogP contribution in [0.4, 0.5) is 10.5 Å². The van der Waals surface area contributed by atoms with Crippen molar-refractivity contribution in [3.63, 3.8) is 0 Å². The molecule has 0 unspecified atom stereocenters. The molecule has 0 bridgehead atoms. The van der Waals surface area contributed by atoms with Gasteiger partial charge in [0.05, 0.1) is 22.8 Å². The number of fused-ring (bicyclic) bond motifs is 1. The van der Waals surface area contributed by atoms with Crippen LogP contribution in [0.25, 0.3) is 5.57 Å². The summed E-state index contributed by atoms with van der Waals surface area (Å²) in [4.78, 5) is 51.2. The second-order valence-electron chi connectivity index (χ2n) is 6.85. The molecule has 9 heteroatoms. The molecule has 1 saturated heterocycles. The number of amides is 3. The molecular weight excluding hydrogens is 420 g/mol. The Morgan fingerprint density at radius 1 is 0.935 bits per heavy atom. The Bertz CT molecular complexity index is 1100. The maximum absolute atomic E-state index is 13.2. The summed E-state index contributed by atoms with van der Waals surface area (Å²) in [6.07, 6.45) is 0.558. The molecule has 2 aromatic carbocycles. The van der Waals surface area contributed by atoms with Crippen molar-refractivity contribution in [2.24, 2.45) is 0 Å². The smallest absolute Gasteiger partial charge is 0.323 e. The van der Waals surface area contributed by atoms with Crippen LogP contribution in [0.2, 0.25) is 0 Å². The molecule has 2 aliphatic rings. The maximum Gasteiger partial charge on any atom is 0.323 e. The highest BCUT2D eigenvalue weighted by atomic mass is 32.2. The van der Waals surface area contributed by atoms with Crippen LogP contribution >= 0.6 is 11.8 Å². The van der Waals surface area contributed by atoms with Gasteiger partial charge in [-0.15, -0.1) is 0 Å². The van der Waals surface area contributed by atoms with E-state index in [-0.39, 0.29) is 16.4 Å². The molecule has 0 aromatic heterocycles. The van der Waals surface area contributed by atoms with E-state index in [4.69, 9.17) is 9.84 Å². The number of hydrogen-bond donors (Lipinski definition) is 1. The highest BCUT2D eigenvalue weighted by molar-refractivity contribution is 8.18. The van der Waals surface area contributed by atoms with E-state index in [0.29, 0.717) is 47.5 Å². The fourth-order valence-corrected chi connectivity index (χ4v) is 4.40. The van der Waals surface area contributed by atoms with Gasteiger partial charge in [-0.1, -0.05) is 36.4 Å². The number of imide groups is 1. The number of anilines is 1. The third-order valence-corrected chi connectivity index (χ3v) is 5.81. The molecule has 1 fully saturated rings. The van der Waals surface area contributed by atoms with Crippen LogP contribution in [0.5, 0.6) is 5.75 Å². The van der Waals surface area contributed by atoms with Crippen molar-refractivity contribution in [2.75, 3.05) is 24.6 Å². The zero-order valence-electron chi connectivity index (χ0n) is 16.3. The Balaban J connectivity index is 1.55. The van der Waals surface area contributed by atoms with E-state index in [1.165, 1.54) is 0 Å². The molecule has 31 heavy (non-hydrogen) atoms. The van der Waals surface area contributed by atoms with Crippen molar-refractivity contribution in [3.05, 3.63) is 65.1 Å². The fourth-order valence-electron chi connectivity index (χ4n) is 3.47. The summed E-state index contributed by atoms with van der Waals surface area (Å²) in [5, 5.41) is 8.26. The quantitative estimate of drug-likeness (QED) is 0.523. The molecule has 1 N–H and O–H groups in total. The summed E-state index contributed by atoms with van der Waals surface area (Å²) in [7, 11) is 0. The number of nitrogens with zero attached hydrogens (tertiary/aromatic N) is 2. The molecule has 0 atom stereocenters. The first kappa shape index (κ1) is 20.7. The minimum absolute atomic E-state index is 0.0354. The first-order valence-electron chi connectivity index (χ1n) is 9.56. The van der Waals surface area contributed by atoms with E-state index in [9.17, 15) is 19.2 Å². The van der Waals surface area contributed by atoms with Gasteiger partial charge in [-0.2, -0.15) is 0 Å². The number of carbonyl (C=O) groups is 4. The average Bonchev–Trinajstić information content (AvgIpc) is 3.19. The molecule has 0 aliphatic carbocycles. The topological polar surface area (TPSA) is 104 Å². The number of ether oxygens (including phenoxy) is 1. The van der Waals surface area contributed by atoms with Gasteiger partial charge in [0.25, 0.3) is 17.1 Å². The van der Waals surface area contributed by atoms with Gasteiger partial charge >= 0.3 is 5.97 Å². The second-order valence-corrected chi connectivity index (χ2v) is 7.81. The van der Waals surface area contributed by atoms with E-state index >= 15 is 0 Å². The van der Waals surface area contributed by atoms with Crippen molar-refractivity contribution in [2.45, 2.75) is 6.42 Å². The molecule has 2 heterocycles. The number of thioether (sulfide) groups is 1. The molecule has 3 amide bonds. The number of benzene rings is 2. The Kier molecular flexibility index (Phi) is 5.77. The molecule has 2 aliphatic heterocycles. The minimum Gasteiger partial charge on any atom is -0.494 e. The summed E-state index contributed by atoms with van der Waals surface area (Å²) in [6.45, 7) is 0.0311. The number of carbonyl (C=O) groups excluding carboxylic acids is 3. The average molecular weight is 438 g/mol. The van der Waals surface area contributed by atoms with Crippen molar-refractivity contribution in [3.8, 4) is 5.75 Å². The van der Waals surface area contributed by atoms with E-state index in [2.05, 4.69) is 0 Å². The molecule has 0 spiro atoms. The number of hydrogen-bond acceptors (Lipinski definition) is 6. The summed E-state index contributed by atoms with van der Waals surface area (Å²) < 4.78 is 5.68. The van der Waals surface area contributed by atoms with Gasteiger partial charge in [-0.05, 0) is 36.4 Å². The lowest BCUT2D eigenvalue weighted by Gasteiger charge is -2.17. The molecular formula is C22H18N2O6S. The lowest BCUT2D eigenvalue weighted by atomic mass is 10.1. The van der Waals surface area contributed by atoms with Crippen LogP contribution in [0.1, 0.15) is 12.0 Å². The van der Waals surface area contributed by atoms with Gasteiger partial charge < -0.3 is 14.7 Å². The Labute approximate surface area is 182 Å². The highest BCUT2D eigenvalue weighted by Crippen LogP contribution is 2.44. The number of para-hydroxylation sites is 2. The van der Waals surface area contributed by atoms with Crippen LogP contribution in [-0.4, -0.2) is 52.7 Å². The van der Waals surface area contributed by atoms with Gasteiger partial charge in [0.1, 0.15) is 12.3 Å². The molecule has 0 saturated carbocycles. The van der Waals surface area contributed by atoms with Crippen LogP contribution in [0.3, 0.4) is 0 Å². The fraction of sp³-hybridized carbons (Fsp3) is 0.182. The lowest BCUT2D eigenvalue weighted by molar-refractivity contribution is -0.140. The van der Waals surface area contributed by atoms with Gasteiger partial charge in [0.15, 0.2) is 0 Å². The first-order chi connectivity index (χ1) is 15.0. The van der Waals surface area contributed by atoms with Crippen LogP contribution < -0.4 is 9.64 Å².